The van der Waals surface area contributed by atoms with Gasteiger partial charge in [0.2, 0.25) is 0 Å². The Morgan fingerprint density at radius 3 is 2.68 bits per heavy atom. The summed E-state index contributed by atoms with van der Waals surface area (Å²) in [6, 6.07) is 9.86. The highest BCUT2D eigenvalue weighted by atomic mass is 16.1. The van der Waals surface area contributed by atoms with Crippen LogP contribution in [0.4, 0.5) is 0 Å². The molecule has 6 nitrogen and oxygen atoms in total. The second-order valence-electron chi connectivity index (χ2n) is 5.78. The van der Waals surface area contributed by atoms with Crippen LogP contribution in [-0.2, 0) is 0 Å². The maximum absolute atomic E-state index is 12.4. The van der Waals surface area contributed by atoms with Crippen molar-refractivity contribution >= 4 is 11.6 Å². The van der Waals surface area contributed by atoms with Gasteiger partial charge >= 0.3 is 0 Å². The lowest BCUT2D eigenvalue weighted by molar-refractivity contribution is 0.0944. The lowest BCUT2D eigenvalue weighted by Crippen LogP contribution is -2.34. The van der Waals surface area contributed by atoms with Gasteiger partial charge in [-0.05, 0) is 13.1 Å². The van der Waals surface area contributed by atoms with Crippen LogP contribution < -0.4 is 5.32 Å². The van der Waals surface area contributed by atoms with Crippen LogP contribution in [0.2, 0.25) is 0 Å². The number of carbonyl (C=O) groups is 1. The molecule has 0 aliphatic carbocycles. The van der Waals surface area contributed by atoms with E-state index in [9.17, 15) is 4.79 Å². The fourth-order valence-electron chi connectivity index (χ4n) is 2.79. The standard InChI is InChI=1S/C19H23N5O/c1-3-23(4-2)12-10-21-19(25)16-14-24-13-11-20-17(18(24)22-16)15-8-6-5-7-9-15/h5-9,11,13-14H,3-4,10,12H2,1-2H3,(H,21,25). The monoisotopic (exact) mass is 337 g/mol. The molecule has 2 heterocycles. The lowest BCUT2D eigenvalue weighted by Gasteiger charge is -2.17. The predicted octanol–water partition coefficient (Wildman–Crippen LogP) is 2.47. The van der Waals surface area contributed by atoms with Crippen LogP contribution in [0.1, 0.15) is 24.3 Å². The second-order valence-corrected chi connectivity index (χ2v) is 5.78. The van der Waals surface area contributed by atoms with Crippen molar-refractivity contribution in [2.24, 2.45) is 0 Å². The highest BCUT2D eigenvalue weighted by Crippen LogP contribution is 2.21. The van der Waals surface area contributed by atoms with E-state index in [2.05, 4.69) is 34.0 Å². The van der Waals surface area contributed by atoms with Gasteiger partial charge in [0.05, 0.1) is 0 Å². The minimum absolute atomic E-state index is 0.158. The van der Waals surface area contributed by atoms with Gasteiger partial charge in [0.15, 0.2) is 5.65 Å². The van der Waals surface area contributed by atoms with Crippen LogP contribution in [0.25, 0.3) is 16.9 Å². The topological polar surface area (TPSA) is 62.5 Å². The zero-order valence-electron chi connectivity index (χ0n) is 14.6. The van der Waals surface area contributed by atoms with Gasteiger partial charge in [-0.25, -0.2) is 4.98 Å². The molecule has 0 bridgehead atoms. The van der Waals surface area contributed by atoms with E-state index in [0.29, 0.717) is 17.9 Å². The number of nitrogens with one attached hydrogen (secondary N) is 1. The molecule has 130 valence electrons. The largest absolute Gasteiger partial charge is 0.349 e. The first-order valence-corrected chi connectivity index (χ1v) is 8.62. The fourth-order valence-corrected chi connectivity index (χ4v) is 2.79. The van der Waals surface area contributed by atoms with Gasteiger partial charge in [-0.1, -0.05) is 44.2 Å². The van der Waals surface area contributed by atoms with E-state index in [-0.39, 0.29) is 5.91 Å². The van der Waals surface area contributed by atoms with E-state index >= 15 is 0 Å². The predicted molar refractivity (Wildman–Crippen MR) is 98.5 cm³/mol. The molecule has 0 aliphatic rings. The fraction of sp³-hybridized carbons (Fsp3) is 0.316. The number of nitrogens with zero attached hydrogens (tertiary/aromatic N) is 4. The molecule has 2 aromatic heterocycles. The average Bonchev–Trinajstić information content (AvgIpc) is 3.10. The van der Waals surface area contributed by atoms with Crippen LogP contribution in [0.15, 0.2) is 48.9 Å². The molecule has 0 saturated carbocycles. The molecule has 0 fully saturated rings. The summed E-state index contributed by atoms with van der Waals surface area (Å²) in [6.07, 6.45) is 5.27. The first-order valence-electron chi connectivity index (χ1n) is 8.62. The summed E-state index contributed by atoms with van der Waals surface area (Å²) in [5.74, 6) is -0.158. The van der Waals surface area contributed by atoms with Crippen molar-refractivity contribution in [2.45, 2.75) is 13.8 Å². The number of fused-ring (bicyclic) bond motifs is 1. The van der Waals surface area contributed by atoms with Gasteiger partial charge in [-0.2, -0.15) is 0 Å². The summed E-state index contributed by atoms with van der Waals surface area (Å²) >= 11 is 0. The summed E-state index contributed by atoms with van der Waals surface area (Å²) < 4.78 is 1.84. The quantitative estimate of drug-likeness (QED) is 0.719. The summed E-state index contributed by atoms with van der Waals surface area (Å²) in [4.78, 5) is 23.6. The highest BCUT2D eigenvalue weighted by molar-refractivity contribution is 5.93. The smallest absolute Gasteiger partial charge is 0.271 e. The summed E-state index contributed by atoms with van der Waals surface area (Å²) in [7, 11) is 0. The molecular formula is C19H23N5O. The molecule has 0 saturated heterocycles. The van der Waals surface area contributed by atoms with Gasteiger partial charge in [0.25, 0.3) is 5.91 Å². The average molecular weight is 337 g/mol. The van der Waals surface area contributed by atoms with E-state index in [0.717, 1.165) is 30.9 Å². The third kappa shape index (κ3) is 3.85. The second kappa shape index (κ2) is 7.90. The summed E-state index contributed by atoms with van der Waals surface area (Å²) in [5, 5.41) is 2.94. The molecule has 3 aromatic rings. The summed E-state index contributed by atoms with van der Waals surface area (Å²) in [5.41, 5.74) is 2.84. The lowest BCUT2D eigenvalue weighted by atomic mass is 10.1. The molecule has 1 aromatic carbocycles. The SMILES string of the molecule is CCN(CC)CCNC(=O)c1cn2ccnc(-c3ccccc3)c2n1. The molecule has 0 spiro atoms. The Morgan fingerprint density at radius 1 is 1.20 bits per heavy atom. The van der Waals surface area contributed by atoms with Gasteiger partial charge in [0, 0.05) is 37.2 Å². The molecule has 0 radical (unpaired) electrons. The van der Waals surface area contributed by atoms with E-state index in [4.69, 9.17) is 0 Å². The zero-order valence-corrected chi connectivity index (χ0v) is 14.6. The highest BCUT2D eigenvalue weighted by Gasteiger charge is 2.14. The van der Waals surface area contributed by atoms with Gasteiger partial charge in [-0.3, -0.25) is 9.78 Å². The Bertz CT molecular complexity index is 839. The maximum Gasteiger partial charge on any atom is 0.271 e. The van der Waals surface area contributed by atoms with Crippen LogP contribution in [-0.4, -0.2) is 51.4 Å². The van der Waals surface area contributed by atoms with Crippen molar-refractivity contribution in [1.82, 2.24) is 24.6 Å². The molecule has 1 amide bonds. The number of hydrogen-bond acceptors (Lipinski definition) is 4. The van der Waals surface area contributed by atoms with Crippen molar-refractivity contribution in [3.05, 3.63) is 54.6 Å². The van der Waals surface area contributed by atoms with Crippen molar-refractivity contribution in [2.75, 3.05) is 26.2 Å². The van der Waals surface area contributed by atoms with Gasteiger partial charge < -0.3 is 14.6 Å². The number of benzene rings is 1. The molecule has 25 heavy (non-hydrogen) atoms. The minimum atomic E-state index is -0.158. The van der Waals surface area contributed by atoms with Crippen molar-refractivity contribution in [3.63, 3.8) is 0 Å². The maximum atomic E-state index is 12.4. The minimum Gasteiger partial charge on any atom is -0.349 e. The number of rotatable bonds is 7. The molecule has 0 atom stereocenters. The zero-order chi connectivity index (χ0) is 17.6. The Morgan fingerprint density at radius 2 is 1.96 bits per heavy atom. The molecular weight excluding hydrogens is 314 g/mol. The van der Waals surface area contributed by atoms with Crippen LogP contribution in [0.3, 0.4) is 0 Å². The number of imidazole rings is 1. The van der Waals surface area contributed by atoms with Crippen LogP contribution >= 0.6 is 0 Å². The van der Waals surface area contributed by atoms with Crippen LogP contribution in [0.5, 0.6) is 0 Å². The van der Waals surface area contributed by atoms with Gasteiger partial charge in [0.1, 0.15) is 11.4 Å². The number of carbonyl (C=O) groups excluding carboxylic acids is 1. The van der Waals surface area contributed by atoms with Crippen molar-refractivity contribution in [3.8, 4) is 11.3 Å². The summed E-state index contributed by atoms with van der Waals surface area (Å²) in [6.45, 7) is 7.64. The Balaban J connectivity index is 1.78. The molecule has 0 aliphatic heterocycles. The number of likely N-dealkylation sites (N-methyl/N-ethyl adjacent to an activating group) is 1. The Hall–Kier alpha value is -2.73. The third-order valence-electron chi connectivity index (χ3n) is 4.26. The third-order valence-corrected chi connectivity index (χ3v) is 4.26. The Labute approximate surface area is 147 Å². The molecule has 1 N–H and O–H groups in total. The van der Waals surface area contributed by atoms with E-state index in [1.807, 2.05) is 34.7 Å². The number of hydrogen-bond donors (Lipinski definition) is 1. The van der Waals surface area contributed by atoms with E-state index in [1.165, 1.54) is 0 Å². The first-order chi connectivity index (χ1) is 12.2. The number of amides is 1. The van der Waals surface area contributed by atoms with Crippen molar-refractivity contribution in [1.29, 1.82) is 0 Å². The van der Waals surface area contributed by atoms with Crippen LogP contribution in [0, 0.1) is 0 Å². The van der Waals surface area contributed by atoms with E-state index < -0.39 is 0 Å². The van der Waals surface area contributed by atoms with E-state index in [1.54, 1.807) is 18.6 Å². The van der Waals surface area contributed by atoms with Gasteiger partial charge in [-0.15, -0.1) is 0 Å². The van der Waals surface area contributed by atoms with Crippen molar-refractivity contribution < 1.29 is 4.79 Å². The molecule has 3 rings (SSSR count). The normalized spacial score (nSPS) is 11.2. The molecule has 6 heteroatoms. The molecule has 0 unspecified atom stereocenters. The Kier molecular flexibility index (Phi) is 5.40. The number of aromatic nitrogens is 3. The first kappa shape index (κ1) is 17.1.